The van der Waals surface area contributed by atoms with Crippen LogP contribution in [0, 0.1) is 13.8 Å². The van der Waals surface area contributed by atoms with Crippen LogP contribution in [-0.2, 0) is 5.54 Å². The summed E-state index contributed by atoms with van der Waals surface area (Å²) in [6.07, 6.45) is 1.81. The largest absolute Gasteiger partial charge is 0.362 e. The first-order valence-electron chi connectivity index (χ1n) is 6.53. The Bertz CT molecular complexity index is 480. The summed E-state index contributed by atoms with van der Waals surface area (Å²) in [5.41, 5.74) is 6.44. The van der Waals surface area contributed by atoms with E-state index < -0.39 is 0 Å². The predicted octanol–water partition coefficient (Wildman–Crippen LogP) is 2.68. The van der Waals surface area contributed by atoms with Gasteiger partial charge in [-0.15, -0.1) is 0 Å². The third-order valence-corrected chi connectivity index (χ3v) is 3.08. The average molecular weight is 280 g/mol. The summed E-state index contributed by atoms with van der Waals surface area (Å²) in [4.78, 5) is 0. The summed E-state index contributed by atoms with van der Waals surface area (Å²) in [6.45, 7) is 13.6. The number of aromatic nitrogens is 1. The van der Waals surface area contributed by atoms with Crippen LogP contribution in [0.4, 0.5) is 0 Å². The molecule has 0 unspecified atom stereocenters. The Morgan fingerprint density at radius 1 is 1.42 bits per heavy atom. The number of thiocarbonyl (C=S) groups is 1. The standard InChI is InChI=1S/C14H24N4S/c1-7-15-13(19)17-16-9-12-8-10(2)18(11(12)3)14(4,5)6/h8-9H,7H2,1-6H3,(H2,15,17,19). The molecular weight excluding hydrogens is 256 g/mol. The Balaban J connectivity index is 2.87. The zero-order valence-corrected chi connectivity index (χ0v) is 13.5. The molecule has 0 aliphatic rings. The third-order valence-electron chi connectivity index (χ3n) is 2.85. The lowest BCUT2D eigenvalue weighted by atomic mass is 10.1. The Labute approximate surface area is 121 Å². The molecule has 0 aliphatic heterocycles. The van der Waals surface area contributed by atoms with Gasteiger partial charge < -0.3 is 9.88 Å². The van der Waals surface area contributed by atoms with Crippen molar-refractivity contribution in [1.82, 2.24) is 15.3 Å². The van der Waals surface area contributed by atoms with Gasteiger partial charge in [0.1, 0.15) is 0 Å². The van der Waals surface area contributed by atoms with E-state index in [1.54, 1.807) is 0 Å². The van der Waals surface area contributed by atoms with Gasteiger partial charge in [-0.2, -0.15) is 5.10 Å². The second kappa shape index (κ2) is 6.19. The number of hydrogen-bond donors (Lipinski definition) is 2. The van der Waals surface area contributed by atoms with E-state index in [-0.39, 0.29) is 5.54 Å². The maximum absolute atomic E-state index is 5.05. The maximum Gasteiger partial charge on any atom is 0.186 e. The lowest BCUT2D eigenvalue weighted by molar-refractivity contribution is 0.383. The first-order valence-corrected chi connectivity index (χ1v) is 6.94. The van der Waals surface area contributed by atoms with Gasteiger partial charge >= 0.3 is 0 Å². The van der Waals surface area contributed by atoms with Crippen molar-refractivity contribution in [2.24, 2.45) is 5.10 Å². The Kier molecular flexibility index (Phi) is 5.11. The molecule has 106 valence electrons. The lowest BCUT2D eigenvalue weighted by Crippen LogP contribution is -2.31. The quantitative estimate of drug-likeness (QED) is 0.508. The van der Waals surface area contributed by atoms with E-state index in [9.17, 15) is 0 Å². The van der Waals surface area contributed by atoms with Gasteiger partial charge in [-0.3, -0.25) is 5.43 Å². The van der Waals surface area contributed by atoms with E-state index in [2.05, 4.69) is 61.1 Å². The van der Waals surface area contributed by atoms with Crippen LogP contribution >= 0.6 is 12.2 Å². The van der Waals surface area contributed by atoms with Crippen molar-refractivity contribution in [2.75, 3.05) is 6.54 Å². The number of hydrogen-bond acceptors (Lipinski definition) is 2. The van der Waals surface area contributed by atoms with Crippen LogP contribution in [0.25, 0.3) is 0 Å². The molecule has 0 aliphatic carbocycles. The summed E-state index contributed by atoms with van der Waals surface area (Å²) < 4.78 is 2.32. The molecule has 4 nitrogen and oxygen atoms in total. The normalized spacial score (nSPS) is 11.9. The van der Waals surface area contributed by atoms with Gasteiger partial charge in [-0.1, -0.05) is 0 Å². The average Bonchev–Trinajstić information content (AvgIpc) is 2.53. The summed E-state index contributed by atoms with van der Waals surface area (Å²) in [5.74, 6) is 0. The van der Waals surface area contributed by atoms with Crippen molar-refractivity contribution in [2.45, 2.75) is 47.1 Å². The van der Waals surface area contributed by atoms with Crippen LogP contribution < -0.4 is 10.7 Å². The molecule has 0 bridgehead atoms. The monoisotopic (exact) mass is 280 g/mol. The smallest absolute Gasteiger partial charge is 0.186 e. The van der Waals surface area contributed by atoms with Gasteiger partial charge in [0, 0.05) is 29.0 Å². The van der Waals surface area contributed by atoms with Crippen LogP contribution in [-0.4, -0.2) is 22.4 Å². The molecule has 0 saturated carbocycles. The van der Waals surface area contributed by atoms with Gasteiger partial charge in [0.15, 0.2) is 5.11 Å². The molecule has 1 aromatic rings. The highest BCUT2D eigenvalue weighted by Crippen LogP contribution is 2.23. The third kappa shape index (κ3) is 4.06. The first kappa shape index (κ1) is 15.7. The van der Waals surface area contributed by atoms with Crippen molar-refractivity contribution in [3.63, 3.8) is 0 Å². The highest BCUT2D eigenvalue weighted by molar-refractivity contribution is 7.80. The zero-order chi connectivity index (χ0) is 14.6. The number of nitrogens with one attached hydrogen (secondary N) is 2. The fourth-order valence-corrected chi connectivity index (χ4v) is 2.51. The maximum atomic E-state index is 5.05. The summed E-state index contributed by atoms with van der Waals surface area (Å²) in [6, 6.07) is 2.14. The predicted molar refractivity (Wildman–Crippen MR) is 85.9 cm³/mol. The molecule has 19 heavy (non-hydrogen) atoms. The minimum Gasteiger partial charge on any atom is -0.362 e. The number of hydrazone groups is 1. The molecule has 0 aromatic carbocycles. The van der Waals surface area contributed by atoms with Gasteiger partial charge in [-0.25, -0.2) is 0 Å². The minimum atomic E-state index is 0.0761. The van der Waals surface area contributed by atoms with Crippen LogP contribution in [0.1, 0.15) is 44.6 Å². The molecule has 0 radical (unpaired) electrons. The second-order valence-corrected chi connectivity index (χ2v) is 5.97. The van der Waals surface area contributed by atoms with Crippen LogP contribution in [0.3, 0.4) is 0 Å². The molecule has 0 fully saturated rings. The van der Waals surface area contributed by atoms with Crippen molar-refractivity contribution < 1.29 is 0 Å². The second-order valence-electron chi connectivity index (χ2n) is 5.56. The molecule has 1 rings (SSSR count). The van der Waals surface area contributed by atoms with Crippen LogP contribution in [0.5, 0.6) is 0 Å². The number of nitrogens with zero attached hydrogens (tertiary/aromatic N) is 2. The summed E-state index contributed by atoms with van der Waals surface area (Å²) in [5, 5.41) is 7.70. The zero-order valence-electron chi connectivity index (χ0n) is 12.7. The molecule has 0 atom stereocenters. The van der Waals surface area contributed by atoms with Crippen molar-refractivity contribution in [3.05, 3.63) is 23.0 Å². The van der Waals surface area contributed by atoms with E-state index in [0.29, 0.717) is 5.11 Å². The van der Waals surface area contributed by atoms with Gasteiger partial charge in [0.2, 0.25) is 0 Å². The van der Waals surface area contributed by atoms with E-state index in [0.717, 1.165) is 12.1 Å². The first-order chi connectivity index (χ1) is 8.77. The highest BCUT2D eigenvalue weighted by atomic mass is 32.1. The van der Waals surface area contributed by atoms with E-state index in [1.807, 2.05) is 13.1 Å². The highest BCUT2D eigenvalue weighted by Gasteiger charge is 2.18. The molecular formula is C14H24N4S. The van der Waals surface area contributed by atoms with Gasteiger partial charge in [0.05, 0.1) is 6.21 Å². The summed E-state index contributed by atoms with van der Waals surface area (Å²) >= 11 is 5.05. The minimum absolute atomic E-state index is 0.0761. The Morgan fingerprint density at radius 3 is 2.53 bits per heavy atom. The van der Waals surface area contributed by atoms with E-state index in [4.69, 9.17) is 12.2 Å². The molecule has 0 amide bonds. The number of aryl methyl sites for hydroxylation is 1. The molecule has 0 saturated heterocycles. The fourth-order valence-electron chi connectivity index (χ4n) is 2.31. The molecule has 1 aromatic heterocycles. The molecule has 0 spiro atoms. The molecule has 1 heterocycles. The van der Waals surface area contributed by atoms with E-state index in [1.165, 1.54) is 11.4 Å². The summed E-state index contributed by atoms with van der Waals surface area (Å²) in [7, 11) is 0. The van der Waals surface area contributed by atoms with Gasteiger partial charge in [0.25, 0.3) is 0 Å². The Hall–Kier alpha value is -1.36. The van der Waals surface area contributed by atoms with Crippen molar-refractivity contribution >= 4 is 23.5 Å². The lowest BCUT2D eigenvalue weighted by Gasteiger charge is -2.25. The SMILES string of the molecule is CCNC(=S)NN=Cc1cc(C)n(C(C)(C)C)c1C. The molecule has 5 heteroatoms. The number of rotatable bonds is 3. The van der Waals surface area contributed by atoms with Crippen LogP contribution in [0.15, 0.2) is 11.2 Å². The van der Waals surface area contributed by atoms with Gasteiger partial charge in [-0.05, 0) is 59.8 Å². The van der Waals surface area contributed by atoms with Crippen LogP contribution in [0.2, 0.25) is 0 Å². The molecule has 2 N–H and O–H groups in total. The van der Waals surface area contributed by atoms with E-state index >= 15 is 0 Å². The van der Waals surface area contributed by atoms with Crippen molar-refractivity contribution in [1.29, 1.82) is 0 Å². The fraction of sp³-hybridized carbons (Fsp3) is 0.571. The van der Waals surface area contributed by atoms with Crippen molar-refractivity contribution in [3.8, 4) is 0 Å². The topological polar surface area (TPSA) is 41.4 Å². The Morgan fingerprint density at radius 2 is 2.05 bits per heavy atom.